The molecule has 0 fully saturated rings. The quantitative estimate of drug-likeness (QED) is 0.726. The number of hydrogen-bond acceptors (Lipinski definition) is 4. The van der Waals surface area contributed by atoms with Crippen LogP contribution in [0.4, 0.5) is 17.1 Å². The zero-order valence-electron chi connectivity index (χ0n) is 10.1. The first kappa shape index (κ1) is 12.5. The molecule has 0 bridgehead atoms. The van der Waals surface area contributed by atoms with Crippen LogP contribution in [0.15, 0.2) is 42.5 Å². The topological polar surface area (TPSA) is 105 Å². The monoisotopic (exact) mass is 252 g/mol. The molecule has 0 saturated heterocycles. The summed E-state index contributed by atoms with van der Waals surface area (Å²) >= 11 is 0. The Morgan fingerprint density at radius 2 is 1.84 bits per heavy atom. The second-order valence-electron chi connectivity index (χ2n) is 3.95. The number of nitrogens with one attached hydrogen (secondary N) is 1. The van der Waals surface area contributed by atoms with Crippen LogP contribution < -0.4 is 16.8 Å². The van der Waals surface area contributed by atoms with Crippen LogP contribution in [0.25, 0.3) is 0 Å². The molecule has 0 saturated carbocycles. The van der Waals surface area contributed by atoms with Crippen LogP contribution in [0.5, 0.6) is 0 Å². The molecule has 0 aliphatic rings. The third-order valence-electron chi connectivity index (χ3n) is 2.65. The molecular formula is C14H12N4O. The van der Waals surface area contributed by atoms with E-state index < -0.39 is 5.91 Å². The van der Waals surface area contributed by atoms with Gasteiger partial charge in [-0.2, -0.15) is 5.26 Å². The van der Waals surface area contributed by atoms with Crippen LogP contribution in [0.3, 0.4) is 0 Å². The summed E-state index contributed by atoms with van der Waals surface area (Å²) in [5.41, 5.74) is 13.7. The number of anilines is 3. The summed E-state index contributed by atoms with van der Waals surface area (Å²) in [7, 11) is 0. The molecule has 5 N–H and O–H groups in total. The van der Waals surface area contributed by atoms with E-state index in [2.05, 4.69) is 5.32 Å². The standard InChI is InChI=1S/C14H12N4O/c15-8-9-4-6-10(7-5-9)18-13-11(14(17)19)2-1-3-12(13)16/h1-7,18H,16H2,(H2,17,19). The van der Waals surface area contributed by atoms with Gasteiger partial charge in [-0.1, -0.05) is 6.07 Å². The first-order valence-corrected chi connectivity index (χ1v) is 5.57. The average Bonchev–Trinajstić information content (AvgIpc) is 2.41. The normalized spacial score (nSPS) is 9.63. The summed E-state index contributed by atoms with van der Waals surface area (Å²) in [4.78, 5) is 11.3. The van der Waals surface area contributed by atoms with Gasteiger partial charge in [0.25, 0.3) is 5.91 Å². The minimum Gasteiger partial charge on any atom is -0.397 e. The van der Waals surface area contributed by atoms with Gasteiger partial charge in [0.15, 0.2) is 0 Å². The van der Waals surface area contributed by atoms with Crippen molar-refractivity contribution in [3.05, 3.63) is 53.6 Å². The number of rotatable bonds is 3. The lowest BCUT2D eigenvalue weighted by Crippen LogP contribution is -2.14. The number of carbonyl (C=O) groups excluding carboxylic acids is 1. The molecule has 0 aromatic heterocycles. The van der Waals surface area contributed by atoms with Gasteiger partial charge in [-0.25, -0.2) is 0 Å². The maximum atomic E-state index is 11.3. The summed E-state index contributed by atoms with van der Waals surface area (Å²) in [5.74, 6) is -0.552. The predicted molar refractivity (Wildman–Crippen MR) is 73.8 cm³/mol. The van der Waals surface area contributed by atoms with Crippen molar-refractivity contribution in [2.24, 2.45) is 5.73 Å². The van der Waals surface area contributed by atoms with Crippen molar-refractivity contribution in [2.75, 3.05) is 11.1 Å². The van der Waals surface area contributed by atoms with E-state index in [1.807, 2.05) is 6.07 Å². The molecule has 1 amide bonds. The van der Waals surface area contributed by atoms with Gasteiger partial charge < -0.3 is 16.8 Å². The van der Waals surface area contributed by atoms with Crippen molar-refractivity contribution in [3.63, 3.8) is 0 Å². The van der Waals surface area contributed by atoms with Gasteiger partial charge in [0.2, 0.25) is 0 Å². The minimum atomic E-state index is -0.552. The number of para-hydroxylation sites is 1. The van der Waals surface area contributed by atoms with E-state index in [1.54, 1.807) is 42.5 Å². The highest BCUT2D eigenvalue weighted by molar-refractivity contribution is 6.02. The molecule has 5 nitrogen and oxygen atoms in total. The lowest BCUT2D eigenvalue weighted by Gasteiger charge is -2.12. The highest BCUT2D eigenvalue weighted by Crippen LogP contribution is 2.27. The number of hydrogen-bond donors (Lipinski definition) is 3. The van der Waals surface area contributed by atoms with Gasteiger partial charge in [-0.15, -0.1) is 0 Å². The molecule has 19 heavy (non-hydrogen) atoms. The number of nitriles is 1. The van der Waals surface area contributed by atoms with Gasteiger partial charge >= 0.3 is 0 Å². The Morgan fingerprint density at radius 1 is 1.16 bits per heavy atom. The van der Waals surface area contributed by atoms with Crippen molar-refractivity contribution in [3.8, 4) is 6.07 Å². The summed E-state index contributed by atoms with van der Waals surface area (Å²) < 4.78 is 0. The predicted octanol–water partition coefficient (Wildman–Crippen LogP) is 1.98. The smallest absolute Gasteiger partial charge is 0.250 e. The Morgan fingerprint density at radius 3 is 2.42 bits per heavy atom. The summed E-state index contributed by atoms with van der Waals surface area (Å²) in [6.07, 6.45) is 0. The second-order valence-corrected chi connectivity index (χ2v) is 3.95. The molecule has 2 rings (SSSR count). The van der Waals surface area contributed by atoms with Crippen LogP contribution in [0.1, 0.15) is 15.9 Å². The number of nitrogens with zero attached hydrogens (tertiary/aromatic N) is 1. The third-order valence-corrected chi connectivity index (χ3v) is 2.65. The van der Waals surface area contributed by atoms with E-state index in [0.29, 0.717) is 22.5 Å². The number of nitrogens with two attached hydrogens (primary N) is 2. The molecule has 0 radical (unpaired) electrons. The molecule has 0 aliphatic heterocycles. The Kier molecular flexibility index (Phi) is 3.35. The van der Waals surface area contributed by atoms with Gasteiger partial charge in [0, 0.05) is 5.69 Å². The number of primary amides is 1. The van der Waals surface area contributed by atoms with Crippen molar-refractivity contribution in [1.29, 1.82) is 5.26 Å². The fourth-order valence-corrected chi connectivity index (χ4v) is 1.69. The lowest BCUT2D eigenvalue weighted by atomic mass is 10.1. The Balaban J connectivity index is 2.37. The number of carbonyl (C=O) groups is 1. The highest BCUT2D eigenvalue weighted by atomic mass is 16.1. The van der Waals surface area contributed by atoms with Crippen molar-refractivity contribution in [2.45, 2.75) is 0 Å². The molecule has 0 spiro atoms. The van der Waals surface area contributed by atoms with Gasteiger partial charge in [0.05, 0.1) is 28.6 Å². The van der Waals surface area contributed by atoms with Crippen LogP contribution >= 0.6 is 0 Å². The molecular weight excluding hydrogens is 240 g/mol. The Labute approximate surface area is 110 Å². The van der Waals surface area contributed by atoms with E-state index in [0.717, 1.165) is 5.69 Å². The van der Waals surface area contributed by atoms with E-state index in [1.165, 1.54) is 0 Å². The van der Waals surface area contributed by atoms with Gasteiger partial charge in [0.1, 0.15) is 0 Å². The summed E-state index contributed by atoms with van der Waals surface area (Å²) in [5, 5.41) is 11.8. The minimum absolute atomic E-state index is 0.323. The molecule has 2 aromatic rings. The maximum Gasteiger partial charge on any atom is 0.250 e. The molecule has 0 aliphatic carbocycles. The molecule has 5 heteroatoms. The van der Waals surface area contributed by atoms with E-state index >= 15 is 0 Å². The maximum absolute atomic E-state index is 11.3. The van der Waals surface area contributed by atoms with Crippen LogP contribution in [0.2, 0.25) is 0 Å². The van der Waals surface area contributed by atoms with E-state index in [9.17, 15) is 4.79 Å². The fraction of sp³-hybridized carbons (Fsp3) is 0. The Hall–Kier alpha value is -3.00. The second kappa shape index (κ2) is 5.10. The molecule has 0 heterocycles. The van der Waals surface area contributed by atoms with Crippen molar-refractivity contribution < 1.29 is 4.79 Å². The zero-order valence-corrected chi connectivity index (χ0v) is 10.1. The molecule has 2 aromatic carbocycles. The van der Waals surface area contributed by atoms with Crippen LogP contribution in [-0.4, -0.2) is 5.91 Å². The first-order chi connectivity index (χ1) is 9.11. The molecule has 0 unspecified atom stereocenters. The zero-order chi connectivity index (χ0) is 13.8. The van der Waals surface area contributed by atoms with Crippen molar-refractivity contribution in [1.82, 2.24) is 0 Å². The van der Waals surface area contributed by atoms with Crippen molar-refractivity contribution >= 4 is 23.0 Å². The number of benzene rings is 2. The first-order valence-electron chi connectivity index (χ1n) is 5.57. The van der Waals surface area contributed by atoms with Gasteiger partial charge in [-0.3, -0.25) is 4.79 Å². The fourth-order valence-electron chi connectivity index (χ4n) is 1.69. The SMILES string of the molecule is N#Cc1ccc(Nc2c(N)cccc2C(N)=O)cc1. The van der Waals surface area contributed by atoms with Crippen LogP contribution in [0, 0.1) is 11.3 Å². The Bertz CT molecular complexity index is 656. The highest BCUT2D eigenvalue weighted by Gasteiger charge is 2.10. The summed E-state index contributed by atoms with van der Waals surface area (Å²) in [6, 6.07) is 13.8. The number of amides is 1. The molecule has 94 valence electrons. The lowest BCUT2D eigenvalue weighted by molar-refractivity contribution is 0.100. The largest absolute Gasteiger partial charge is 0.397 e. The third kappa shape index (κ3) is 2.64. The van der Waals surface area contributed by atoms with Crippen LogP contribution in [-0.2, 0) is 0 Å². The van der Waals surface area contributed by atoms with E-state index in [4.69, 9.17) is 16.7 Å². The van der Waals surface area contributed by atoms with E-state index in [-0.39, 0.29) is 0 Å². The van der Waals surface area contributed by atoms with Gasteiger partial charge in [-0.05, 0) is 36.4 Å². The summed E-state index contributed by atoms with van der Waals surface area (Å²) in [6.45, 7) is 0. The number of nitrogen functional groups attached to an aromatic ring is 1. The molecule has 0 atom stereocenters. The average molecular weight is 252 g/mol.